The van der Waals surface area contributed by atoms with Crippen molar-refractivity contribution in [3.63, 3.8) is 0 Å². The third-order valence-corrected chi connectivity index (χ3v) is 5.38. The largest absolute Gasteiger partial charge is 0.362 e. The van der Waals surface area contributed by atoms with Crippen LogP contribution in [0.5, 0.6) is 0 Å². The zero-order valence-electron chi connectivity index (χ0n) is 13.2. The van der Waals surface area contributed by atoms with Gasteiger partial charge in [-0.25, -0.2) is 4.98 Å². The molecule has 0 bridgehead atoms. The van der Waals surface area contributed by atoms with Gasteiger partial charge in [0.05, 0.1) is 12.2 Å². The van der Waals surface area contributed by atoms with E-state index in [4.69, 9.17) is 0 Å². The molecule has 5 nitrogen and oxygen atoms in total. The first-order valence-electron chi connectivity index (χ1n) is 7.89. The highest BCUT2D eigenvalue weighted by Crippen LogP contribution is 2.32. The molecule has 0 unspecified atom stereocenters. The summed E-state index contributed by atoms with van der Waals surface area (Å²) in [4.78, 5) is 19.9. The maximum Gasteiger partial charge on any atom is 0.275 e. The molecule has 1 aromatic carbocycles. The van der Waals surface area contributed by atoms with Crippen molar-refractivity contribution < 1.29 is 0 Å². The molecule has 6 heteroatoms. The van der Waals surface area contributed by atoms with Gasteiger partial charge < -0.3 is 4.90 Å². The van der Waals surface area contributed by atoms with E-state index in [2.05, 4.69) is 46.2 Å². The second-order valence-corrected chi connectivity index (χ2v) is 6.98. The summed E-state index contributed by atoms with van der Waals surface area (Å²) >= 11 is 1.49. The monoisotopic (exact) mass is 326 g/mol. The number of para-hydroxylation sites is 1. The summed E-state index contributed by atoms with van der Waals surface area (Å²) in [7, 11) is 0. The minimum absolute atomic E-state index is 0.0962. The van der Waals surface area contributed by atoms with Gasteiger partial charge in [-0.15, -0.1) is 0 Å². The number of anilines is 1. The fourth-order valence-electron chi connectivity index (χ4n) is 3.16. The van der Waals surface area contributed by atoms with Crippen molar-refractivity contribution >= 4 is 22.0 Å². The first-order chi connectivity index (χ1) is 11.2. The third kappa shape index (κ3) is 2.43. The lowest BCUT2D eigenvalue weighted by atomic mass is 10.1. The molecule has 0 radical (unpaired) electrons. The normalized spacial score (nSPS) is 17.0. The molecule has 0 spiro atoms. The maximum absolute atomic E-state index is 12.3. The molecule has 0 saturated heterocycles. The van der Waals surface area contributed by atoms with E-state index in [-0.39, 0.29) is 5.56 Å². The second kappa shape index (κ2) is 5.45. The van der Waals surface area contributed by atoms with E-state index in [0.717, 1.165) is 23.5 Å². The quantitative estimate of drug-likeness (QED) is 0.742. The molecule has 0 amide bonds. The van der Waals surface area contributed by atoms with Crippen LogP contribution in [0.3, 0.4) is 0 Å². The van der Waals surface area contributed by atoms with Gasteiger partial charge in [-0.1, -0.05) is 36.5 Å². The molecule has 118 valence electrons. The van der Waals surface area contributed by atoms with E-state index in [9.17, 15) is 4.79 Å². The molecule has 2 aromatic heterocycles. The van der Waals surface area contributed by atoms with E-state index >= 15 is 0 Å². The van der Waals surface area contributed by atoms with E-state index in [1.807, 2.05) is 6.92 Å². The van der Waals surface area contributed by atoms with Crippen LogP contribution in [0.1, 0.15) is 30.1 Å². The third-order valence-electron chi connectivity index (χ3n) is 4.32. The molecular formula is C17H18N4OS. The first-order valence-corrected chi connectivity index (χ1v) is 8.70. The summed E-state index contributed by atoms with van der Waals surface area (Å²) in [5.41, 5.74) is 3.33. The fraction of sp³-hybridized carbons (Fsp3) is 0.353. The molecule has 1 aliphatic heterocycles. The minimum Gasteiger partial charge on any atom is -0.362 e. The van der Waals surface area contributed by atoms with Crippen molar-refractivity contribution in [2.75, 3.05) is 4.90 Å². The molecule has 0 aliphatic carbocycles. The molecule has 1 aliphatic rings. The maximum atomic E-state index is 12.3. The molecule has 23 heavy (non-hydrogen) atoms. The Morgan fingerprint density at radius 3 is 3.00 bits per heavy atom. The number of fused-ring (bicyclic) bond motifs is 2. The van der Waals surface area contributed by atoms with Gasteiger partial charge in [0, 0.05) is 17.8 Å². The molecule has 1 atom stereocenters. The SMILES string of the molecule is CCc1nn2c(=O)cc(CN3c4ccccc4C[C@H]3C)nc2s1. The predicted octanol–water partition coefficient (Wildman–Crippen LogP) is 2.66. The Labute approximate surface area is 138 Å². The molecule has 0 saturated carbocycles. The topological polar surface area (TPSA) is 50.5 Å². The molecule has 3 heterocycles. The molecule has 3 aromatic rings. The summed E-state index contributed by atoms with van der Waals surface area (Å²) in [6.07, 6.45) is 1.86. The van der Waals surface area contributed by atoms with Gasteiger partial charge in [0.15, 0.2) is 0 Å². The number of hydrogen-bond donors (Lipinski definition) is 0. The van der Waals surface area contributed by atoms with Crippen LogP contribution in [-0.4, -0.2) is 20.6 Å². The molecular weight excluding hydrogens is 308 g/mol. The Bertz CT molecular complexity index is 930. The molecule has 4 rings (SSSR count). The summed E-state index contributed by atoms with van der Waals surface area (Å²) < 4.78 is 1.41. The fourth-order valence-corrected chi connectivity index (χ4v) is 4.02. The van der Waals surface area contributed by atoms with Crippen LogP contribution < -0.4 is 10.5 Å². The van der Waals surface area contributed by atoms with Gasteiger partial charge in [-0.3, -0.25) is 4.79 Å². The number of benzene rings is 1. The Morgan fingerprint density at radius 2 is 2.17 bits per heavy atom. The van der Waals surface area contributed by atoms with E-state index in [0.29, 0.717) is 17.5 Å². The average molecular weight is 326 g/mol. The van der Waals surface area contributed by atoms with E-state index in [1.54, 1.807) is 6.07 Å². The lowest BCUT2D eigenvalue weighted by Gasteiger charge is -2.24. The van der Waals surface area contributed by atoms with Gasteiger partial charge >= 0.3 is 0 Å². The lowest BCUT2D eigenvalue weighted by molar-refractivity contribution is 0.663. The van der Waals surface area contributed by atoms with Gasteiger partial charge in [0.25, 0.3) is 5.56 Å². The van der Waals surface area contributed by atoms with Gasteiger partial charge in [-0.05, 0) is 31.4 Å². The smallest absolute Gasteiger partial charge is 0.275 e. The number of nitrogens with zero attached hydrogens (tertiary/aromatic N) is 4. The van der Waals surface area contributed by atoms with Gasteiger partial charge in [0.2, 0.25) is 4.96 Å². The van der Waals surface area contributed by atoms with Gasteiger partial charge in [0.1, 0.15) is 5.01 Å². The standard InChI is InChI=1S/C17H18N4OS/c1-3-15-19-21-16(22)9-13(18-17(21)23-15)10-20-11(2)8-12-6-4-5-7-14(12)20/h4-7,9,11H,3,8,10H2,1-2H3/t11-/m1/s1. The zero-order valence-corrected chi connectivity index (χ0v) is 14.0. The molecule has 0 N–H and O–H groups in total. The number of rotatable bonds is 3. The Kier molecular flexibility index (Phi) is 3.41. The van der Waals surface area contributed by atoms with Crippen molar-refractivity contribution in [1.82, 2.24) is 14.6 Å². The summed E-state index contributed by atoms with van der Waals surface area (Å²) in [6, 6.07) is 10.5. The van der Waals surface area contributed by atoms with E-state index < -0.39 is 0 Å². The summed E-state index contributed by atoms with van der Waals surface area (Å²) in [5.74, 6) is 0. The summed E-state index contributed by atoms with van der Waals surface area (Å²) in [5, 5.41) is 5.24. The van der Waals surface area contributed by atoms with Crippen LogP contribution in [0.15, 0.2) is 35.1 Å². The van der Waals surface area contributed by atoms with Crippen LogP contribution in [0.25, 0.3) is 4.96 Å². The number of aryl methyl sites for hydroxylation is 1. The first kappa shape index (κ1) is 14.4. The summed E-state index contributed by atoms with van der Waals surface area (Å²) in [6.45, 7) is 4.91. The van der Waals surface area contributed by atoms with Crippen LogP contribution in [0.2, 0.25) is 0 Å². The Balaban J connectivity index is 1.72. The van der Waals surface area contributed by atoms with Crippen LogP contribution >= 0.6 is 11.3 Å². The predicted molar refractivity (Wildman–Crippen MR) is 92.3 cm³/mol. The Morgan fingerprint density at radius 1 is 1.35 bits per heavy atom. The van der Waals surface area contributed by atoms with Crippen molar-refractivity contribution in [1.29, 1.82) is 0 Å². The van der Waals surface area contributed by atoms with Crippen LogP contribution in [0, 0.1) is 0 Å². The van der Waals surface area contributed by atoms with Crippen molar-refractivity contribution in [3.05, 3.63) is 57.0 Å². The van der Waals surface area contributed by atoms with E-state index in [1.165, 1.54) is 27.1 Å². The number of hydrogen-bond acceptors (Lipinski definition) is 5. The van der Waals surface area contributed by atoms with Crippen LogP contribution in [0.4, 0.5) is 5.69 Å². The average Bonchev–Trinajstić information content (AvgIpc) is 3.09. The highest BCUT2D eigenvalue weighted by atomic mass is 32.1. The highest BCUT2D eigenvalue weighted by molar-refractivity contribution is 7.16. The zero-order chi connectivity index (χ0) is 16.0. The van der Waals surface area contributed by atoms with Crippen molar-refractivity contribution in [2.24, 2.45) is 0 Å². The van der Waals surface area contributed by atoms with Crippen molar-refractivity contribution in [3.8, 4) is 0 Å². The Hall–Kier alpha value is -2.21. The molecule has 0 fully saturated rings. The lowest BCUT2D eigenvalue weighted by Crippen LogP contribution is -2.30. The van der Waals surface area contributed by atoms with Crippen LogP contribution in [-0.2, 0) is 19.4 Å². The number of aromatic nitrogens is 3. The highest BCUT2D eigenvalue weighted by Gasteiger charge is 2.26. The van der Waals surface area contributed by atoms with Crippen molar-refractivity contribution in [2.45, 2.75) is 39.3 Å². The van der Waals surface area contributed by atoms with Gasteiger partial charge in [-0.2, -0.15) is 9.61 Å². The minimum atomic E-state index is -0.0962. The second-order valence-electron chi connectivity index (χ2n) is 5.94.